The van der Waals surface area contributed by atoms with E-state index >= 15 is 0 Å². The quantitative estimate of drug-likeness (QED) is 0.844. The standard InChI is InChI=1S/C14H24N4O2/c1-11(2)15-5-4-13-10-18(6-7-20-13)12-8-14(19)17(3)16-9-12/h8-9,11,13,15H,4-7,10H2,1-3H3/t13-/m1/s1. The summed E-state index contributed by atoms with van der Waals surface area (Å²) < 4.78 is 7.12. The first-order valence-corrected chi connectivity index (χ1v) is 7.19. The van der Waals surface area contributed by atoms with Crippen LogP contribution in [-0.4, -0.2) is 48.2 Å². The highest BCUT2D eigenvalue weighted by atomic mass is 16.5. The Kier molecular flexibility index (Phi) is 5.14. The SMILES string of the molecule is CC(C)NCC[C@@H]1CN(c2cnn(C)c(=O)c2)CCO1. The lowest BCUT2D eigenvalue weighted by atomic mass is 10.2. The normalized spacial score (nSPS) is 19.6. The second-order valence-electron chi connectivity index (χ2n) is 5.51. The minimum Gasteiger partial charge on any atom is -0.374 e. The zero-order valence-corrected chi connectivity index (χ0v) is 12.5. The van der Waals surface area contributed by atoms with E-state index in [0.717, 1.165) is 31.7 Å². The molecular formula is C14H24N4O2. The van der Waals surface area contributed by atoms with Gasteiger partial charge in [0.2, 0.25) is 0 Å². The third kappa shape index (κ3) is 4.05. The molecule has 0 unspecified atom stereocenters. The Morgan fingerprint density at radius 3 is 3.05 bits per heavy atom. The van der Waals surface area contributed by atoms with Crippen LogP contribution in [0.25, 0.3) is 0 Å². The summed E-state index contributed by atoms with van der Waals surface area (Å²) in [6.45, 7) is 7.54. The highest BCUT2D eigenvalue weighted by Crippen LogP contribution is 2.16. The molecule has 112 valence electrons. The van der Waals surface area contributed by atoms with Crippen LogP contribution in [0.1, 0.15) is 20.3 Å². The number of hydrogen-bond acceptors (Lipinski definition) is 5. The first-order valence-electron chi connectivity index (χ1n) is 7.19. The van der Waals surface area contributed by atoms with Crippen molar-refractivity contribution in [3.8, 4) is 0 Å². The van der Waals surface area contributed by atoms with Crippen molar-refractivity contribution >= 4 is 5.69 Å². The second-order valence-corrected chi connectivity index (χ2v) is 5.51. The molecule has 6 heteroatoms. The van der Waals surface area contributed by atoms with E-state index in [0.29, 0.717) is 12.6 Å². The van der Waals surface area contributed by atoms with E-state index < -0.39 is 0 Å². The van der Waals surface area contributed by atoms with Gasteiger partial charge in [0.1, 0.15) is 0 Å². The number of rotatable bonds is 5. The molecule has 1 saturated heterocycles. The summed E-state index contributed by atoms with van der Waals surface area (Å²) in [7, 11) is 1.66. The van der Waals surface area contributed by atoms with Gasteiger partial charge in [0.05, 0.1) is 24.6 Å². The molecule has 1 fully saturated rings. The molecule has 0 amide bonds. The van der Waals surface area contributed by atoms with E-state index in [-0.39, 0.29) is 11.7 Å². The van der Waals surface area contributed by atoms with Crippen molar-refractivity contribution in [2.75, 3.05) is 31.1 Å². The van der Waals surface area contributed by atoms with Crippen molar-refractivity contribution in [2.45, 2.75) is 32.4 Å². The number of ether oxygens (including phenoxy) is 1. The summed E-state index contributed by atoms with van der Waals surface area (Å²) >= 11 is 0. The minimum absolute atomic E-state index is 0.0768. The smallest absolute Gasteiger partial charge is 0.268 e. The molecule has 2 rings (SSSR count). The molecule has 2 heterocycles. The van der Waals surface area contributed by atoms with Crippen LogP contribution in [-0.2, 0) is 11.8 Å². The van der Waals surface area contributed by atoms with Gasteiger partial charge in [0.25, 0.3) is 5.56 Å². The number of nitrogens with one attached hydrogen (secondary N) is 1. The maximum atomic E-state index is 11.6. The maximum Gasteiger partial charge on any atom is 0.268 e. The topological polar surface area (TPSA) is 59.4 Å². The Morgan fingerprint density at radius 1 is 1.55 bits per heavy atom. The molecule has 0 spiro atoms. The van der Waals surface area contributed by atoms with Crippen molar-refractivity contribution in [3.63, 3.8) is 0 Å². The van der Waals surface area contributed by atoms with Gasteiger partial charge >= 0.3 is 0 Å². The largest absolute Gasteiger partial charge is 0.374 e. The van der Waals surface area contributed by atoms with E-state index in [1.165, 1.54) is 4.68 Å². The monoisotopic (exact) mass is 280 g/mol. The van der Waals surface area contributed by atoms with Crippen molar-refractivity contribution in [1.29, 1.82) is 0 Å². The molecule has 1 N–H and O–H groups in total. The number of nitrogens with zero attached hydrogens (tertiary/aromatic N) is 3. The fourth-order valence-electron chi connectivity index (χ4n) is 2.29. The average Bonchev–Trinajstić information content (AvgIpc) is 2.42. The Balaban J connectivity index is 1.92. The van der Waals surface area contributed by atoms with E-state index in [1.807, 2.05) is 0 Å². The van der Waals surface area contributed by atoms with E-state index in [2.05, 4.69) is 29.2 Å². The number of hydrogen-bond donors (Lipinski definition) is 1. The fourth-order valence-corrected chi connectivity index (χ4v) is 2.29. The molecule has 6 nitrogen and oxygen atoms in total. The fraction of sp³-hybridized carbons (Fsp3) is 0.714. The molecule has 1 aliphatic rings. The van der Waals surface area contributed by atoms with Crippen LogP contribution in [0.3, 0.4) is 0 Å². The highest BCUT2D eigenvalue weighted by Gasteiger charge is 2.21. The Bertz CT molecular complexity index is 486. The van der Waals surface area contributed by atoms with Crippen molar-refractivity contribution < 1.29 is 4.74 Å². The van der Waals surface area contributed by atoms with E-state index in [4.69, 9.17) is 4.74 Å². The lowest BCUT2D eigenvalue weighted by Gasteiger charge is -2.34. The molecule has 1 aliphatic heterocycles. The van der Waals surface area contributed by atoms with Gasteiger partial charge in [-0.1, -0.05) is 13.8 Å². The molecule has 0 aromatic carbocycles. The summed E-state index contributed by atoms with van der Waals surface area (Å²) in [5, 5.41) is 7.47. The summed E-state index contributed by atoms with van der Waals surface area (Å²) in [6, 6.07) is 2.14. The first kappa shape index (κ1) is 15.0. The van der Waals surface area contributed by atoms with Gasteiger partial charge in [0, 0.05) is 32.2 Å². The van der Waals surface area contributed by atoms with Gasteiger partial charge in [0.15, 0.2) is 0 Å². The molecule has 0 radical (unpaired) electrons. The molecule has 1 aromatic rings. The Morgan fingerprint density at radius 2 is 2.35 bits per heavy atom. The van der Waals surface area contributed by atoms with Crippen molar-refractivity contribution in [1.82, 2.24) is 15.1 Å². The molecule has 0 aliphatic carbocycles. The lowest BCUT2D eigenvalue weighted by molar-refractivity contribution is 0.0352. The first-order chi connectivity index (χ1) is 9.56. The van der Waals surface area contributed by atoms with Crippen LogP contribution in [0.2, 0.25) is 0 Å². The van der Waals surface area contributed by atoms with Crippen LogP contribution in [0.15, 0.2) is 17.1 Å². The van der Waals surface area contributed by atoms with Gasteiger partial charge in [-0.15, -0.1) is 0 Å². The summed E-state index contributed by atoms with van der Waals surface area (Å²) in [5.74, 6) is 0. The van der Waals surface area contributed by atoms with Crippen LogP contribution < -0.4 is 15.8 Å². The third-order valence-electron chi connectivity index (χ3n) is 3.48. The van der Waals surface area contributed by atoms with Crippen LogP contribution in [0.4, 0.5) is 5.69 Å². The van der Waals surface area contributed by atoms with Gasteiger partial charge in [-0.05, 0) is 13.0 Å². The van der Waals surface area contributed by atoms with E-state index in [1.54, 1.807) is 19.3 Å². The van der Waals surface area contributed by atoms with Gasteiger partial charge < -0.3 is 15.0 Å². The number of morpholine rings is 1. The Hall–Kier alpha value is -1.40. The lowest BCUT2D eigenvalue weighted by Crippen LogP contribution is -2.44. The Labute approximate surface area is 119 Å². The molecule has 1 atom stereocenters. The van der Waals surface area contributed by atoms with Crippen molar-refractivity contribution in [3.05, 3.63) is 22.6 Å². The predicted octanol–water partition coefficient (Wildman–Crippen LogP) is 0.374. The third-order valence-corrected chi connectivity index (χ3v) is 3.48. The number of aromatic nitrogens is 2. The molecule has 20 heavy (non-hydrogen) atoms. The van der Waals surface area contributed by atoms with Gasteiger partial charge in [-0.2, -0.15) is 5.10 Å². The second kappa shape index (κ2) is 6.85. The van der Waals surface area contributed by atoms with Crippen LogP contribution >= 0.6 is 0 Å². The summed E-state index contributed by atoms with van der Waals surface area (Å²) in [5.41, 5.74) is 0.810. The van der Waals surface area contributed by atoms with E-state index in [9.17, 15) is 4.79 Å². The molecule has 0 saturated carbocycles. The summed E-state index contributed by atoms with van der Waals surface area (Å²) in [6.07, 6.45) is 2.93. The minimum atomic E-state index is -0.0768. The highest BCUT2D eigenvalue weighted by molar-refractivity contribution is 5.43. The predicted molar refractivity (Wildman–Crippen MR) is 79.2 cm³/mol. The average molecular weight is 280 g/mol. The zero-order chi connectivity index (χ0) is 14.5. The molecule has 0 bridgehead atoms. The maximum absolute atomic E-state index is 11.6. The summed E-state index contributed by atoms with van der Waals surface area (Å²) in [4.78, 5) is 13.8. The van der Waals surface area contributed by atoms with Crippen LogP contribution in [0, 0.1) is 0 Å². The number of anilines is 1. The molecular weight excluding hydrogens is 256 g/mol. The molecule has 1 aromatic heterocycles. The van der Waals surface area contributed by atoms with Gasteiger partial charge in [-0.25, -0.2) is 4.68 Å². The zero-order valence-electron chi connectivity index (χ0n) is 12.5. The number of aryl methyl sites for hydroxylation is 1. The van der Waals surface area contributed by atoms with Gasteiger partial charge in [-0.3, -0.25) is 4.79 Å². The van der Waals surface area contributed by atoms with Crippen LogP contribution in [0.5, 0.6) is 0 Å². The van der Waals surface area contributed by atoms with Crippen molar-refractivity contribution in [2.24, 2.45) is 7.05 Å².